The van der Waals surface area contributed by atoms with E-state index in [1.165, 1.54) is 13.8 Å². The average molecular weight is 199 g/mol. The van der Waals surface area contributed by atoms with Crippen LogP contribution in [0, 0.1) is 0 Å². The molecule has 80 valence electrons. The molecule has 0 spiro atoms. The van der Waals surface area contributed by atoms with Crippen molar-refractivity contribution in [2.75, 3.05) is 6.54 Å². The maximum atomic E-state index is 13.6. The molecule has 0 saturated heterocycles. The van der Waals surface area contributed by atoms with Gasteiger partial charge in [-0.25, -0.2) is 9.37 Å². The van der Waals surface area contributed by atoms with Crippen molar-refractivity contribution in [2.45, 2.75) is 32.4 Å². The Morgan fingerprint density at radius 1 is 1.57 bits per heavy atom. The predicted octanol–water partition coefficient (Wildman–Crippen LogP) is 1.52. The standard InChI is InChI=1S/C10H18FN3/c1-10(2,11)8-7-13-9(14(8)3)5-4-6-12/h7H,4-6,12H2,1-3H3. The molecule has 1 rings (SSSR count). The van der Waals surface area contributed by atoms with Crippen LogP contribution in [-0.4, -0.2) is 16.1 Å². The van der Waals surface area contributed by atoms with Crippen LogP contribution in [0.4, 0.5) is 4.39 Å². The Kier molecular flexibility index (Phi) is 3.26. The quantitative estimate of drug-likeness (QED) is 0.799. The highest BCUT2D eigenvalue weighted by atomic mass is 19.1. The molecule has 0 unspecified atom stereocenters. The van der Waals surface area contributed by atoms with Crippen LogP contribution in [0.15, 0.2) is 6.20 Å². The molecule has 0 amide bonds. The molecular formula is C10H18FN3. The molecule has 0 aliphatic heterocycles. The predicted molar refractivity (Wildman–Crippen MR) is 54.7 cm³/mol. The van der Waals surface area contributed by atoms with Gasteiger partial charge in [-0.05, 0) is 26.8 Å². The van der Waals surface area contributed by atoms with Crippen molar-refractivity contribution >= 4 is 0 Å². The van der Waals surface area contributed by atoms with Crippen molar-refractivity contribution in [3.63, 3.8) is 0 Å². The Bertz CT molecular complexity index is 299. The summed E-state index contributed by atoms with van der Waals surface area (Å²) in [6, 6.07) is 0. The number of alkyl halides is 1. The normalized spacial score (nSPS) is 12.1. The molecule has 0 aromatic carbocycles. The lowest BCUT2D eigenvalue weighted by atomic mass is 10.1. The van der Waals surface area contributed by atoms with E-state index in [1.807, 2.05) is 11.6 Å². The van der Waals surface area contributed by atoms with Gasteiger partial charge in [0.05, 0.1) is 11.9 Å². The first-order valence-corrected chi connectivity index (χ1v) is 4.87. The van der Waals surface area contributed by atoms with Gasteiger partial charge < -0.3 is 10.3 Å². The van der Waals surface area contributed by atoms with Crippen molar-refractivity contribution in [3.05, 3.63) is 17.7 Å². The number of halogens is 1. The molecule has 2 N–H and O–H groups in total. The maximum Gasteiger partial charge on any atom is 0.146 e. The van der Waals surface area contributed by atoms with E-state index >= 15 is 0 Å². The van der Waals surface area contributed by atoms with Gasteiger partial charge in [0.15, 0.2) is 0 Å². The minimum Gasteiger partial charge on any atom is -0.332 e. The average Bonchev–Trinajstić information content (AvgIpc) is 2.42. The number of hydrogen-bond donors (Lipinski definition) is 1. The highest BCUT2D eigenvalue weighted by molar-refractivity contribution is 5.12. The fraction of sp³-hybridized carbons (Fsp3) is 0.700. The van der Waals surface area contributed by atoms with E-state index in [0.29, 0.717) is 12.2 Å². The minimum atomic E-state index is -1.33. The third-order valence-corrected chi connectivity index (χ3v) is 2.30. The molecule has 3 nitrogen and oxygen atoms in total. The van der Waals surface area contributed by atoms with Crippen LogP contribution in [0.3, 0.4) is 0 Å². The first-order chi connectivity index (χ1) is 6.46. The Balaban J connectivity index is 2.86. The van der Waals surface area contributed by atoms with E-state index in [4.69, 9.17) is 5.73 Å². The van der Waals surface area contributed by atoms with Gasteiger partial charge in [-0.15, -0.1) is 0 Å². The Morgan fingerprint density at radius 2 is 2.21 bits per heavy atom. The largest absolute Gasteiger partial charge is 0.332 e. The second-order valence-corrected chi connectivity index (χ2v) is 3.98. The van der Waals surface area contributed by atoms with E-state index < -0.39 is 5.67 Å². The molecule has 14 heavy (non-hydrogen) atoms. The number of rotatable bonds is 4. The third-order valence-electron chi connectivity index (χ3n) is 2.30. The van der Waals surface area contributed by atoms with Crippen molar-refractivity contribution < 1.29 is 4.39 Å². The molecule has 0 aliphatic rings. The molecule has 0 atom stereocenters. The summed E-state index contributed by atoms with van der Waals surface area (Å²) in [7, 11) is 1.84. The molecule has 0 fully saturated rings. The van der Waals surface area contributed by atoms with Gasteiger partial charge in [-0.1, -0.05) is 0 Å². The second-order valence-electron chi connectivity index (χ2n) is 3.98. The van der Waals surface area contributed by atoms with Crippen LogP contribution in [0.5, 0.6) is 0 Å². The number of nitrogens with two attached hydrogens (primary N) is 1. The Hall–Kier alpha value is -0.900. The van der Waals surface area contributed by atoms with Crippen molar-refractivity contribution in [1.82, 2.24) is 9.55 Å². The first-order valence-electron chi connectivity index (χ1n) is 4.87. The zero-order chi connectivity index (χ0) is 10.8. The molecule has 4 heteroatoms. The highest BCUT2D eigenvalue weighted by Gasteiger charge is 2.23. The molecule has 1 heterocycles. The van der Waals surface area contributed by atoms with Crippen LogP contribution in [-0.2, 0) is 19.1 Å². The summed E-state index contributed by atoms with van der Waals surface area (Å²) in [5.41, 5.74) is 4.69. The number of aromatic nitrogens is 2. The summed E-state index contributed by atoms with van der Waals surface area (Å²) in [4.78, 5) is 4.19. The summed E-state index contributed by atoms with van der Waals surface area (Å²) in [5, 5.41) is 0. The highest BCUT2D eigenvalue weighted by Crippen LogP contribution is 2.24. The van der Waals surface area contributed by atoms with Crippen LogP contribution in [0.25, 0.3) is 0 Å². The lowest BCUT2D eigenvalue weighted by Gasteiger charge is -2.15. The lowest BCUT2D eigenvalue weighted by molar-refractivity contribution is 0.208. The summed E-state index contributed by atoms with van der Waals surface area (Å²) >= 11 is 0. The Labute approximate surface area is 84.1 Å². The second kappa shape index (κ2) is 4.09. The smallest absolute Gasteiger partial charge is 0.146 e. The zero-order valence-electron chi connectivity index (χ0n) is 9.05. The molecule has 0 aliphatic carbocycles. The molecule has 0 bridgehead atoms. The fourth-order valence-electron chi connectivity index (χ4n) is 1.49. The SMILES string of the molecule is Cn1c(C(C)(C)F)cnc1CCCN. The fourth-order valence-corrected chi connectivity index (χ4v) is 1.49. The van der Waals surface area contributed by atoms with E-state index in [-0.39, 0.29) is 0 Å². The van der Waals surface area contributed by atoms with Gasteiger partial charge in [0.2, 0.25) is 0 Å². The molecule has 1 aromatic heterocycles. The van der Waals surface area contributed by atoms with Crippen molar-refractivity contribution in [1.29, 1.82) is 0 Å². The minimum absolute atomic E-state index is 0.615. The van der Waals surface area contributed by atoms with Gasteiger partial charge in [0.1, 0.15) is 11.5 Å². The summed E-state index contributed by atoms with van der Waals surface area (Å²) in [6.07, 6.45) is 3.30. The number of imidazole rings is 1. The third kappa shape index (κ3) is 2.32. The van der Waals surface area contributed by atoms with Crippen LogP contribution >= 0.6 is 0 Å². The number of nitrogens with zero attached hydrogens (tertiary/aromatic N) is 2. The van der Waals surface area contributed by atoms with Crippen molar-refractivity contribution in [2.24, 2.45) is 12.8 Å². The molecule has 0 saturated carbocycles. The van der Waals surface area contributed by atoms with E-state index in [1.54, 1.807) is 6.20 Å². The van der Waals surface area contributed by atoms with Gasteiger partial charge in [0, 0.05) is 13.5 Å². The molecule has 1 aromatic rings. The molecule has 0 radical (unpaired) electrons. The van der Waals surface area contributed by atoms with Gasteiger partial charge >= 0.3 is 0 Å². The number of aryl methyl sites for hydroxylation is 1. The Morgan fingerprint density at radius 3 is 2.64 bits per heavy atom. The van der Waals surface area contributed by atoms with E-state index in [9.17, 15) is 4.39 Å². The summed E-state index contributed by atoms with van der Waals surface area (Å²) in [6.45, 7) is 3.72. The first kappa shape index (κ1) is 11.2. The van der Waals surface area contributed by atoms with Crippen LogP contribution in [0.2, 0.25) is 0 Å². The van der Waals surface area contributed by atoms with E-state index in [2.05, 4.69) is 4.98 Å². The van der Waals surface area contributed by atoms with Gasteiger partial charge in [0.25, 0.3) is 0 Å². The molecular weight excluding hydrogens is 181 g/mol. The van der Waals surface area contributed by atoms with Gasteiger partial charge in [-0.3, -0.25) is 0 Å². The summed E-state index contributed by atoms with van der Waals surface area (Å²) in [5.74, 6) is 0.899. The lowest BCUT2D eigenvalue weighted by Crippen LogP contribution is -2.15. The monoisotopic (exact) mass is 199 g/mol. The maximum absolute atomic E-state index is 13.6. The van der Waals surface area contributed by atoms with Crippen LogP contribution in [0.1, 0.15) is 31.8 Å². The number of hydrogen-bond acceptors (Lipinski definition) is 2. The topological polar surface area (TPSA) is 43.8 Å². The van der Waals surface area contributed by atoms with Gasteiger partial charge in [-0.2, -0.15) is 0 Å². The summed E-state index contributed by atoms with van der Waals surface area (Å²) < 4.78 is 15.4. The van der Waals surface area contributed by atoms with E-state index in [0.717, 1.165) is 18.7 Å². The van der Waals surface area contributed by atoms with Crippen LogP contribution < -0.4 is 5.73 Å². The zero-order valence-corrected chi connectivity index (χ0v) is 9.05. The van der Waals surface area contributed by atoms with Crippen molar-refractivity contribution in [3.8, 4) is 0 Å².